The molecule has 0 saturated carbocycles. The monoisotopic (exact) mass is 228 g/mol. The summed E-state index contributed by atoms with van der Waals surface area (Å²) < 4.78 is 0. The minimum atomic E-state index is 0.0317. The van der Waals surface area contributed by atoms with Gasteiger partial charge in [0.2, 0.25) is 11.8 Å². The Labute approximate surface area is 96.0 Å². The molecule has 2 amide bonds. The van der Waals surface area contributed by atoms with E-state index in [2.05, 4.69) is 0 Å². The van der Waals surface area contributed by atoms with Gasteiger partial charge in [-0.3, -0.25) is 9.59 Å². The van der Waals surface area contributed by atoms with Crippen LogP contribution < -0.4 is 0 Å². The summed E-state index contributed by atoms with van der Waals surface area (Å²) in [6.07, 6.45) is 2.51. The Morgan fingerprint density at radius 3 is 2.31 bits per heavy atom. The molecule has 0 spiro atoms. The lowest BCUT2D eigenvalue weighted by Crippen LogP contribution is -2.53. The Morgan fingerprint density at radius 1 is 1.06 bits per heavy atom. The van der Waals surface area contributed by atoms with Crippen molar-refractivity contribution in [2.75, 3.05) is 32.8 Å². The van der Waals surface area contributed by atoms with Crippen molar-refractivity contribution in [3.63, 3.8) is 0 Å². The molecular weight excluding hydrogens is 208 g/mol. The zero-order chi connectivity index (χ0) is 12.0. The number of carbonyl (C=O) groups is 2. The molecule has 5 heteroatoms. The van der Waals surface area contributed by atoms with Gasteiger partial charge in [-0.2, -0.15) is 0 Å². The van der Waals surface area contributed by atoms with Crippen LogP contribution in [0.2, 0.25) is 0 Å². The summed E-state index contributed by atoms with van der Waals surface area (Å²) in [5, 5.41) is 8.62. The standard InChI is InChI=1S/C11H20N2O3/c1-2-12-8-11(16)13(9-10(12)15)6-4-3-5-7-14/h14H,2-9H2,1H3. The highest BCUT2D eigenvalue weighted by Crippen LogP contribution is 2.06. The highest BCUT2D eigenvalue weighted by molar-refractivity contribution is 5.92. The zero-order valence-corrected chi connectivity index (χ0v) is 9.81. The van der Waals surface area contributed by atoms with E-state index in [1.54, 1.807) is 9.80 Å². The molecule has 1 fully saturated rings. The predicted octanol–water partition coefficient (Wildman–Crippen LogP) is -0.160. The molecule has 1 saturated heterocycles. The van der Waals surface area contributed by atoms with Gasteiger partial charge in [-0.15, -0.1) is 0 Å². The minimum Gasteiger partial charge on any atom is -0.396 e. The third-order valence-corrected chi connectivity index (χ3v) is 2.83. The number of amides is 2. The molecule has 0 radical (unpaired) electrons. The van der Waals surface area contributed by atoms with Gasteiger partial charge in [-0.05, 0) is 26.2 Å². The van der Waals surface area contributed by atoms with Crippen LogP contribution >= 0.6 is 0 Å². The van der Waals surface area contributed by atoms with Crippen LogP contribution in [0.1, 0.15) is 26.2 Å². The molecule has 92 valence electrons. The first-order valence-electron chi connectivity index (χ1n) is 5.85. The molecule has 16 heavy (non-hydrogen) atoms. The third-order valence-electron chi connectivity index (χ3n) is 2.83. The van der Waals surface area contributed by atoms with Gasteiger partial charge in [0.05, 0.1) is 13.1 Å². The van der Waals surface area contributed by atoms with Crippen LogP contribution in [-0.2, 0) is 9.59 Å². The van der Waals surface area contributed by atoms with Crippen molar-refractivity contribution in [2.45, 2.75) is 26.2 Å². The summed E-state index contributed by atoms with van der Waals surface area (Å²) in [5.41, 5.74) is 0. The summed E-state index contributed by atoms with van der Waals surface area (Å²) in [6.45, 7) is 3.73. The number of hydrogen-bond acceptors (Lipinski definition) is 3. The fourth-order valence-electron chi connectivity index (χ4n) is 1.79. The Bertz CT molecular complexity index is 256. The largest absolute Gasteiger partial charge is 0.396 e. The van der Waals surface area contributed by atoms with Gasteiger partial charge in [0.1, 0.15) is 0 Å². The molecule has 0 aromatic heterocycles. The lowest BCUT2D eigenvalue weighted by Gasteiger charge is -2.33. The van der Waals surface area contributed by atoms with Crippen molar-refractivity contribution in [3.8, 4) is 0 Å². The van der Waals surface area contributed by atoms with E-state index in [1.165, 1.54) is 0 Å². The Hall–Kier alpha value is -1.10. The lowest BCUT2D eigenvalue weighted by molar-refractivity contribution is -0.149. The van der Waals surface area contributed by atoms with Crippen molar-refractivity contribution >= 4 is 11.8 Å². The number of rotatable bonds is 6. The van der Waals surface area contributed by atoms with Crippen molar-refractivity contribution in [1.82, 2.24) is 9.80 Å². The lowest BCUT2D eigenvalue weighted by atomic mass is 10.2. The number of likely N-dealkylation sites (N-methyl/N-ethyl adjacent to an activating group) is 1. The molecule has 1 rings (SSSR count). The van der Waals surface area contributed by atoms with Crippen LogP contribution in [0.3, 0.4) is 0 Å². The molecule has 0 atom stereocenters. The van der Waals surface area contributed by atoms with Crippen molar-refractivity contribution in [3.05, 3.63) is 0 Å². The topological polar surface area (TPSA) is 60.9 Å². The van der Waals surface area contributed by atoms with Gasteiger partial charge in [0.25, 0.3) is 0 Å². The van der Waals surface area contributed by atoms with Crippen LogP contribution in [0, 0.1) is 0 Å². The van der Waals surface area contributed by atoms with Crippen LogP contribution in [0.5, 0.6) is 0 Å². The molecule has 1 aliphatic heterocycles. The molecule has 0 aromatic rings. The van der Waals surface area contributed by atoms with Crippen molar-refractivity contribution in [1.29, 1.82) is 0 Å². The van der Waals surface area contributed by atoms with E-state index in [0.29, 0.717) is 13.1 Å². The summed E-state index contributed by atoms with van der Waals surface area (Å²) in [5.74, 6) is 0.0645. The third kappa shape index (κ3) is 3.48. The van der Waals surface area contributed by atoms with Crippen molar-refractivity contribution < 1.29 is 14.7 Å². The quantitative estimate of drug-likeness (QED) is 0.643. The summed E-state index contributed by atoms with van der Waals surface area (Å²) >= 11 is 0. The van der Waals surface area contributed by atoms with Crippen LogP contribution in [0.4, 0.5) is 0 Å². The molecule has 0 bridgehead atoms. The maximum Gasteiger partial charge on any atom is 0.242 e. The van der Waals surface area contributed by atoms with E-state index >= 15 is 0 Å². The minimum absolute atomic E-state index is 0.0317. The number of piperazine rings is 1. The average molecular weight is 228 g/mol. The van der Waals surface area contributed by atoms with Gasteiger partial charge in [-0.1, -0.05) is 0 Å². The van der Waals surface area contributed by atoms with Gasteiger partial charge in [-0.25, -0.2) is 0 Å². The molecule has 5 nitrogen and oxygen atoms in total. The summed E-state index contributed by atoms with van der Waals surface area (Å²) in [7, 11) is 0. The maximum atomic E-state index is 11.7. The van der Waals surface area contributed by atoms with E-state index in [1.807, 2.05) is 6.92 Å². The molecular formula is C11H20N2O3. The van der Waals surface area contributed by atoms with E-state index < -0.39 is 0 Å². The van der Waals surface area contributed by atoms with Crippen molar-refractivity contribution in [2.24, 2.45) is 0 Å². The first-order chi connectivity index (χ1) is 7.69. The van der Waals surface area contributed by atoms with Crippen LogP contribution in [0.25, 0.3) is 0 Å². The molecule has 1 heterocycles. The maximum absolute atomic E-state index is 11.7. The molecule has 0 aromatic carbocycles. The fourth-order valence-corrected chi connectivity index (χ4v) is 1.79. The second kappa shape index (κ2) is 6.48. The number of aliphatic hydroxyl groups is 1. The number of hydrogen-bond donors (Lipinski definition) is 1. The molecule has 1 aliphatic rings. The van der Waals surface area contributed by atoms with Gasteiger partial charge >= 0.3 is 0 Å². The number of unbranched alkanes of at least 4 members (excludes halogenated alkanes) is 2. The van der Waals surface area contributed by atoms with E-state index in [0.717, 1.165) is 19.3 Å². The highest BCUT2D eigenvalue weighted by atomic mass is 16.3. The number of nitrogens with zero attached hydrogens (tertiary/aromatic N) is 2. The van der Waals surface area contributed by atoms with Gasteiger partial charge in [0.15, 0.2) is 0 Å². The van der Waals surface area contributed by atoms with Crippen LogP contribution in [-0.4, -0.2) is 59.5 Å². The highest BCUT2D eigenvalue weighted by Gasteiger charge is 2.27. The fraction of sp³-hybridized carbons (Fsp3) is 0.818. The summed E-state index contributed by atoms with van der Waals surface area (Å²) in [6, 6.07) is 0. The SMILES string of the molecule is CCN1CC(=O)N(CCCCCO)CC1=O. The Balaban J connectivity index is 2.32. The number of carbonyl (C=O) groups excluding carboxylic acids is 2. The predicted molar refractivity (Wildman–Crippen MR) is 59.8 cm³/mol. The smallest absolute Gasteiger partial charge is 0.242 e. The molecule has 1 N–H and O–H groups in total. The average Bonchev–Trinajstić information content (AvgIpc) is 2.28. The first-order valence-corrected chi connectivity index (χ1v) is 5.85. The first kappa shape index (κ1) is 13.0. The van der Waals surface area contributed by atoms with E-state index in [9.17, 15) is 9.59 Å². The Kier molecular flexibility index (Phi) is 5.25. The van der Waals surface area contributed by atoms with Gasteiger partial charge < -0.3 is 14.9 Å². The van der Waals surface area contributed by atoms with E-state index in [-0.39, 0.29) is 31.5 Å². The zero-order valence-electron chi connectivity index (χ0n) is 9.81. The molecule has 0 aliphatic carbocycles. The number of aliphatic hydroxyl groups excluding tert-OH is 1. The van der Waals surface area contributed by atoms with E-state index in [4.69, 9.17) is 5.11 Å². The Morgan fingerprint density at radius 2 is 1.69 bits per heavy atom. The normalized spacial score (nSPS) is 17.1. The second-order valence-electron chi connectivity index (χ2n) is 4.01. The van der Waals surface area contributed by atoms with Gasteiger partial charge in [0, 0.05) is 19.7 Å². The van der Waals surface area contributed by atoms with Crippen LogP contribution in [0.15, 0.2) is 0 Å². The summed E-state index contributed by atoms with van der Waals surface area (Å²) in [4.78, 5) is 26.4. The second-order valence-corrected chi connectivity index (χ2v) is 4.01. The molecule has 0 unspecified atom stereocenters.